The molecule has 3 N–H and O–H groups in total. The molecule has 0 atom stereocenters. The van der Waals surface area contributed by atoms with E-state index >= 15 is 0 Å². The number of amides is 1. The molecule has 1 aromatic carbocycles. The van der Waals surface area contributed by atoms with Crippen LogP contribution < -0.4 is 5.43 Å². The summed E-state index contributed by atoms with van der Waals surface area (Å²) >= 11 is 3.19. The van der Waals surface area contributed by atoms with E-state index in [9.17, 15) is 9.90 Å². The molecule has 0 saturated carbocycles. The smallest absolute Gasteiger partial charge is 0.290 e. The number of aromatic hydroxyl groups is 1. The molecule has 6 nitrogen and oxygen atoms in total. The Labute approximate surface area is 129 Å². The van der Waals surface area contributed by atoms with Crippen LogP contribution in [0.4, 0.5) is 0 Å². The van der Waals surface area contributed by atoms with Crippen molar-refractivity contribution in [2.75, 3.05) is 0 Å². The summed E-state index contributed by atoms with van der Waals surface area (Å²) in [7, 11) is 0. The Morgan fingerprint density at radius 3 is 3.05 bits per heavy atom. The summed E-state index contributed by atoms with van der Waals surface area (Å²) < 4.78 is 0.547. The molecule has 2 rings (SSSR count). The Balaban J connectivity index is 2.08. The third-order valence-corrected chi connectivity index (χ3v) is 3.31. The molecule has 2 aromatic rings. The first-order chi connectivity index (χ1) is 10.1. The minimum absolute atomic E-state index is 0.123. The molecule has 0 fully saturated rings. The van der Waals surface area contributed by atoms with Crippen LogP contribution in [0, 0.1) is 0 Å². The lowest BCUT2D eigenvalue weighted by Crippen LogP contribution is -2.18. The van der Waals surface area contributed by atoms with Crippen LogP contribution >= 0.6 is 15.9 Å². The van der Waals surface area contributed by atoms with E-state index < -0.39 is 5.91 Å². The molecule has 0 radical (unpaired) electrons. The number of aromatic amines is 1. The highest BCUT2D eigenvalue weighted by Gasteiger charge is 2.10. The van der Waals surface area contributed by atoms with Crippen molar-refractivity contribution in [3.05, 3.63) is 58.3 Å². The molecule has 21 heavy (non-hydrogen) atoms. The monoisotopic (exact) mass is 348 g/mol. The number of nitrogens with zero attached hydrogens (tertiary/aromatic N) is 2. The Hall–Kier alpha value is -2.41. The SMILES string of the molecule is C=CCc1cccc(/C=N\NC(=O)c2[nH]ncc2Br)c1O. The summed E-state index contributed by atoms with van der Waals surface area (Å²) in [4.78, 5) is 11.8. The number of halogens is 1. The van der Waals surface area contributed by atoms with Crippen LogP contribution in [0.2, 0.25) is 0 Å². The number of nitrogens with one attached hydrogen (secondary N) is 2. The Morgan fingerprint density at radius 1 is 1.57 bits per heavy atom. The molecule has 0 unspecified atom stereocenters. The molecule has 0 aliphatic carbocycles. The quantitative estimate of drug-likeness (QED) is 0.440. The van der Waals surface area contributed by atoms with Crippen molar-refractivity contribution >= 4 is 28.1 Å². The van der Waals surface area contributed by atoms with Gasteiger partial charge in [0.15, 0.2) is 0 Å². The Morgan fingerprint density at radius 2 is 2.38 bits per heavy atom. The number of hydrogen-bond acceptors (Lipinski definition) is 4. The van der Waals surface area contributed by atoms with Gasteiger partial charge < -0.3 is 5.11 Å². The van der Waals surface area contributed by atoms with Crippen molar-refractivity contribution in [3.63, 3.8) is 0 Å². The van der Waals surface area contributed by atoms with E-state index in [1.165, 1.54) is 12.4 Å². The zero-order chi connectivity index (χ0) is 15.2. The van der Waals surface area contributed by atoms with Crippen molar-refractivity contribution in [2.24, 2.45) is 5.10 Å². The minimum atomic E-state index is -0.433. The van der Waals surface area contributed by atoms with Gasteiger partial charge in [0, 0.05) is 5.56 Å². The maximum absolute atomic E-state index is 11.8. The lowest BCUT2D eigenvalue weighted by molar-refractivity contribution is 0.0949. The third kappa shape index (κ3) is 3.57. The summed E-state index contributed by atoms with van der Waals surface area (Å²) in [6.45, 7) is 3.63. The van der Waals surface area contributed by atoms with Crippen molar-refractivity contribution in [1.29, 1.82) is 0 Å². The van der Waals surface area contributed by atoms with Gasteiger partial charge in [-0.05, 0) is 34.0 Å². The number of phenols is 1. The van der Waals surface area contributed by atoms with Crippen molar-refractivity contribution in [3.8, 4) is 5.75 Å². The second-order valence-corrected chi connectivity index (χ2v) is 4.99. The predicted octanol–water partition coefficient (Wildman–Crippen LogP) is 2.37. The number of aromatic nitrogens is 2. The van der Waals surface area contributed by atoms with Crippen LogP contribution in [0.25, 0.3) is 0 Å². The fourth-order valence-electron chi connectivity index (χ4n) is 1.68. The number of benzene rings is 1. The maximum Gasteiger partial charge on any atom is 0.290 e. The minimum Gasteiger partial charge on any atom is -0.507 e. The Bertz CT molecular complexity index is 694. The third-order valence-electron chi connectivity index (χ3n) is 2.70. The lowest BCUT2D eigenvalue weighted by Gasteiger charge is -2.04. The molecule has 1 amide bonds. The van der Waals surface area contributed by atoms with Gasteiger partial charge in [-0.3, -0.25) is 9.89 Å². The highest BCUT2D eigenvalue weighted by atomic mass is 79.9. The molecular formula is C14H13BrN4O2. The van der Waals surface area contributed by atoms with Crippen LogP contribution in [0.1, 0.15) is 21.6 Å². The molecular weight excluding hydrogens is 336 g/mol. The summed E-state index contributed by atoms with van der Waals surface area (Å²) in [6, 6.07) is 5.30. The summed E-state index contributed by atoms with van der Waals surface area (Å²) in [5, 5.41) is 20.1. The molecule has 1 aromatic heterocycles. The molecule has 0 aliphatic rings. The number of para-hydroxylation sites is 1. The average molecular weight is 349 g/mol. The molecule has 7 heteroatoms. The summed E-state index contributed by atoms with van der Waals surface area (Å²) in [5.74, 6) is -0.310. The van der Waals surface area contributed by atoms with Crippen molar-refractivity contribution < 1.29 is 9.90 Å². The number of carbonyl (C=O) groups excluding carboxylic acids is 1. The van der Waals surface area contributed by atoms with Crippen LogP contribution in [-0.4, -0.2) is 27.4 Å². The van der Waals surface area contributed by atoms with Crippen LogP contribution in [0.5, 0.6) is 5.75 Å². The van der Waals surface area contributed by atoms with E-state index in [4.69, 9.17) is 0 Å². The predicted molar refractivity (Wildman–Crippen MR) is 83.4 cm³/mol. The molecule has 0 spiro atoms. The zero-order valence-corrected chi connectivity index (χ0v) is 12.6. The number of hydrazone groups is 1. The van der Waals surface area contributed by atoms with Gasteiger partial charge in [0.2, 0.25) is 0 Å². The number of allylic oxidation sites excluding steroid dienone is 1. The van der Waals surface area contributed by atoms with Crippen LogP contribution in [-0.2, 0) is 6.42 Å². The largest absolute Gasteiger partial charge is 0.507 e. The van der Waals surface area contributed by atoms with Gasteiger partial charge in [-0.25, -0.2) is 5.43 Å². The second kappa shape index (κ2) is 6.85. The molecule has 0 saturated heterocycles. The number of carbonyl (C=O) groups is 1. The molecule has 0 bridgehead atoms. The number of phenolic OH excluding ortho intramolecular Hbond substituents is 1. The van der Waals surface area contributed by atoms with Gasteiger partial charge in [0.1, 0.15) is 11.4 Å². The van der Waals surface area contributed by atoms with E-state index in [0.717, 1.165) is 5.56 Å². The molecule has 1 heterocycles. The van der Waals surface area contributed by atoms with Gasteiger partial charge in [0.25, 0.3) is 5.91 Å². The highest BCUT2D eigenvalue weighted by molar-refractivity contribution is 9.10. The standard InChI is InChI=1S/C14H13BrN4O2/c1-2-4-9-5-3-6-10(13(9)20)7-16-19-14(21)12-11(15)8-17-18-12/h2-3,5-8,20H,1,4H2,(H,17,18)(H,19,21)/b16-7-. The van der Waals surface area contributed by atoms with E-state index in [1.54, 1.807) is 24.3 Å². The first-order valence-electron chi connectivity index (χ1n) is 6.07. The van der Waals surface area contributed by atoms with Crippen LogP contribution in [0.15, 0.2) is 46.6 Å². The van der Waals surface area contributed by atoms with E-state index in [2.05, 4.69) is 43.2 Å². The fourth-order valence-corrected chi connectivity index (χ4v) is 2.05. The first kappa shape index (κ1) is 15.0. The average Bonchev–Trinajstić information content (AvgIpc) is 2.89. The van der Waals surface area contributed by atoms with Crippen LogP contribution in [0.3, 0.4) is 0 Å². The summed E-state index contributed by atoms with van der Waals surface area (Å²) in [5.41, 5.74) is 3.89. The Kier molecular flexibility index (Phi) is 4.89. The number of H-pyrrole nitrogens is 1. The van der Waals surface area contributed by atoms with Gasteiger partial charge in [0.05, 0.1) is 16.9 Å². The molecule has 108 valence electrons. The van der Waals surface area contributed by atoms with E-state index in [0.29, 0.717) is 16.5 Å². The molecule has 0 aliphatic heterocycles. The van der Waals surface area contributed by atoms with Gasteiger partial charge in [-0.15, -0.1) is 6.58 Å². The number of rotatable bonds is 5. The normalized spacial score (nSPS) is 10.7. The van der Waals surface area contributed by atoms with E-state index in [1.807, 2.05) is 0 Å². The highest BCUT2D eigenvalue weighted by Crippen LogP contribution is 2.21. The zero-order valence-electron chi connectivity index (χ0n) is 11.0. The fraction of sp³-hybridized carbons (Fsp3) is 0.0714. The first-order valence-corrected chi connectivity index (χ1v) is 6.86. The van der Waals surface area contributed by atoms with Gasteiger partial charge in [-0.1, -0.05) is 18.2 Å². The summed E-state index contributed by atoms with van der Waals surface area (Å²) in [6.07, 6.45) is 5.11. The van der Waals surface area contributed by atoms with Gasteiger partial charge in [-0.2, -0.15) is 10.2 Å². The number of hydrogen-bond donors (Lipinski definition) is 3. The maximum atomic E-state index is 11.8. The topological polar surface area (TPSA) is 90.4 Å². The van der Waals surface area contributed by atoms with E-state index in [-0.39, 0.29) is 11.4 Å². The van der Waals surface area contributed by atoms with Crippen molar-refractivity contribution in [1.82, 2.24) is 15.6 Å². The van der Waals surface area contributed by atoms with Gasteiger partial charge >= 0.3 is 0 Å². The lowest BCUT2D eigenvalue weighted by atomic mass is 10.1. The second-order valence-electron chi connectivity index (χ2n) is 4.14. The van der Waals surface area contributed by atoms with Crippen molar-refractivity contribution in [2.45, 2.75) is 6.42 Å².